The van der Waals surface area contributed by atoms with Crippen molar-refractivity contribution < 1.29 is 4.79 Å². The highest BCUT2D eigenvalue weighted by Gasteiger charge is 2.17. The van der Waals surface area contributed by atoms with Crippen LogP contribution in [0.3, 0.4) is 0 Å². The van der Waals surface area contributed by atoms with Crippen molar-refractivity contribution in [3.63, 3.8) is 0 Å². The molecule has 2 N–H and O–H groups in total. The number of rotatable bonds is 7. The van der Waals surface area contributed by atoms with E-state index in [0.29, 0.717) is 24.2 Å². The van der Waals surface area contributed by atoms with E-state index >= 15 is 0 Å². The van der Waals surface area contributed by atoms with E-state index in [9.17, 15) is 4.79 Å². The molecule has 0 saturated heterocycles. The Hall–Kier alpha value is -2.43. The molecule has 1 saturated carbocycles. The first kappa shape index (κ1) is 17.4. The number of carbonyl (C=O) groups is 1. The molecule has 5 heteroatoms. The van der Waals surface area contributed by atoms with E-state index in [1.807, 2.05) is 25.1 Å². The maximum absolute atomic E-state index is 12.4. The summed E-state index contributed by atoms with van der Waals surface area (Å²) in [6.07, 6.45) is 6.67. The molecule has 25 heavy (non-hydrogen) atoms. The molecule has 3 rings (SSSR count). The number of nitrogens with one attached hydrogen (secondary N) is 2. The average molecular weight is 338 g/mol. The van der Waals surface area contributed by atoms with Crippen LogP contribution in [0.1, 0.15) is 53.8 Å². The summed E-state index contributed by atoms with van der Waals surface area (Å²) in [5, 5.41) is 6.32. The fourth-order valence-electron chi connectivity index (χ4n) is 3.23. The monoisotopic (exact) mass is 338 g/mol. The molecule has 5 nitrogen and oxygen atoms in total. The third kappa shape index (κ3) is 5.28. The summed E-state index contributed by atoms with van der Waals surface area (Å²) in [5.41, 5.74) is 2.54. The Morgan fingerprint density at radius 1 is 1.16 bits per heavy atom. The second-order valence-corrected chi connectivity index (χ2v) is 6.69. The van der Waals surface area contributed by atoms with E-state index in [1.165, 1.54) is 18.4 Å². The zero-order valence-electron chi connectivity index (χ0n) is 14.8. The van der Waals surface area contributed by atoms with E-state index in [2.05, 4.69) is 32.7 Å². The van der Waals surface area contributed by atoms with Gasteiger partial charge in [-0.2, -0.15) is 0 Å². The molecule has 1 aromatic carbocycles. The second-order valence-electron chi connectivity index (χ2n) is 6.69. The van der Waals surface area contributed by atoms with Crippen LogP contribution < -0.4 is 10.6 Å². The van der Waals surface area contributed by atoms with E-state index in [-0.39, 0.29) is 5.91 Å². The number of benzene rings is 1. The van der Waals surface area contributed by atoms with Crippen LogP contribution in [0.5, 0.6) is 0 Å². The van der Waals surface area contributed by atoms with Gasteiger partial charge in [0.2, 0.25) is 5.95 Å². The molecule has 0 unspecified atom stereocenters. The summed E-state index contributed by atoms with van der Waals surface area (Å²) < 4.78 is 0. The summed E-state index contributed by atoms with van der Waals surface area (Å²) in [7, 11) is 0. The smallest absolute Gasteiger partial charge is 0.270 e. The highest BCUT2D eigenvalue weighted by molar-refractivity contribution is 5.92. The Balaban J connectivity index is 1.51. The quantitative estimate of drug-likeness (QED) is 0.758. The summed E-state index contributed by atoms with van der Waals surface area (Å²) in [6.45, 7) is 2.54. The molecule has 1 amide bonds. The minimum Gasteiger partial charge on any atom is -0.351 e. The molecule has 0 aliphatic heterocycles. The molecule has 132 valence electrons. The van der Waals surface area contributed by atoms with Gasteiger partial charge >= 0.3 is 0 Å². The number of amides is 1. The highest BCUT2D eigenvalue weighted by Crippen LogP contribution is 2.21. The molecule has 2 aromatic rings. The lowest BCUT2D eigenvalue weighted by atomic mass is 10.1. The summed E-state index contributed by atoms with van der Waals surface area (Å²) in [4.78, 5) is 21.2. The van der Waals surface area contributed by atoms with Crippen LogP contribution in [0.4, 0.5) is 5.95 Å². The SMILES string of the molecule is Cc1cc(C(=O)NCCCc2ccccc2)nc(NC2CCCC2)n1. The van der Waals surface area contributed by atoms with Crippen molar-refractivity contribution in [2.75, 3.05) is 11.9 Å². The zero-order valence-corrected chi connectivity index (χ0v) is 14.8. The van der Waals surface area contributed by atoms with Crippen LogP contribution in [-0.2, 0) is 6.42 Å². The normalized spacial score (nSPS) is 14.4. The summed E-state index contributed by atoms with van der Waals surface area (Å²) >= 11 is 0. The molecule has 1 fully saturated rings. The van der Waals surface area contributed by atoms with Gasteiger partial charge in [0.15, 0.2) is 0 Å². The Morgan fingerprint density at radius 2 is 1.92 bits per heavy atom. The van der Waals surface area contributed by atoms with Gasteiger partial charge < -0.3 is 10.6 Å². The number of hydrogen-bond donors (Lipinski definition) is 2. The fourth-order valence-corrected chi connectivity index (χ4v) is 3.23. The lowest BCUT2D eigenvalue weighted by Gasteiger charge is -2.13. The highest BCUT2D eigenvalue weighted by atomic mass is 16.1. The number of anilines is 1. The third-order valence-electron chi connectivity index (χ3n) is 4.55. The van der Waals surface area contributed by atoms with Crippen molar-refractivity contribution in [2.45, 2.75) is 51.5 Å². The lowest BCUT2D eigenvalue weighted by molar-refractivity contribution is 0.0948. The van der Waals surface area contributed by atoms with Crippen LogP contribution in [0.2, 0.25) is 0 Å². The molecule has 1 aliphatic carbocycles. The molecular formula is C20H26N4O. The van der Waals surface area contributed by atoms with Crippen LogP contribution in [0.15, 0.2) is 36.4 Å². The standard InChI is InChI=1S/C20H26N4O/c1-15-14-18(24-20(22-15)23-17-11-5-6-12-17)19(25)21-13-7-10-16-8-3-2-4-9-16/h2-4,8-9,14,17H,5-7,10-13H2,1H3,(H,21,25)(H,22,23,24). The molecule has 0 atom stereocenters. The Bertz CT molecular complexity index is 696. The number of aryl methyl sites for hydroxylation is 2. The summed E-state index contributed by atoms with van der Waals surface area (Å²) in [6, 6.07) is 12.5. The van der Waals surface area contributed by atoms with Gasteiger partial charge in [0.05, 0.1) is 0 Å². The van der Waals surface area contributed by atoms with E-state index in [0.717, 1.165) is 31.4 Å². The van der Waals surface area contributed by atoms with Gasteiger partial charge in [0.1, 0.15) is 5.69 Å². The van der Waals surface area contributed by atoms with Crippen molar-refractivity contribution in [1.29, 1.82) is 0 Å². The van der Waals surface area contributed by atoms with E-state index in [4.69, 9.17) is 0 Å². The van der Waals surface area contributed by atoms with Crippen LogP contribution in [0.25, 0.3) is 0 Å². The van der Waals surface area contributed by atoms with Gasteiger partial charge in [-0.1, -0.05) is 43.2 Å². The largest absolute Gasteiger partial charge is 0.351 e. The van der Waals surface area contributed by atoms with Gasteiger partial charge in [0.25, 0.3) is 5.91 Å². The first-order valence-electron chi connectivity index (χ1n) is 9.15. The maximum atomic E-state index is 12.4. The van der Waals surface area contributed by atoms with Gasteiger partial charge in [-0.25, -0.2) is 9.97 Å². The third-order valence-corrected chi connectivity index (χ3v) is 4.55. The predicted octanol–water partition coefficient (Wildman–Crippen LogP) is 3.50. The van der Waals surface area contributed by atoms with Crippen LogP contribution >= 0.6 is 0 Å². The molecular weight excluding hydrogens is 312 g/mol. The number of carbonyl (C=O) groups excluding carboxylic acids is 1. The van der Waals surface area contributed by atoms with Crippen LogP contribution in [0, 0.1) is 6.92 Å². The van der Waals surface area contributed by atoms with Crippen molar-refractivity contribution in [1.82, 2.24) is 15.3 Å². The van der Waals surface area contributed by atoms with Crippen molar-refractivity contribution >= 4 is 11.9 Å². The first-order valence-corrected chi connectivity index (χ1v) is 9.15. The fraction of sp³-hybridized carbons (Fsp3) is 0.450. The zero-order chi connectivity index (χ0) is 17.5. The molecule has 0 bridgehead atoms. The minimum atomic E-state index is -0.131. The molecule has 1 aromatic heterocycles. The van der Waals surface area contributed by atoms with Crippen molar-refractivity contribution in [3.05, 3.63) is 53.3 Å². The van der Waals surface area contributed by atoms with Crippen molar-refractivity contribution in [3.8, 4) is 0 Å². The van der Waals surface area contributed by atoms with Crippen molar-refractivity contribution in [2.24, 2.45) is 0 Å². The molecule has 1 heterocycles. The number of aromatic nitrogens is 2. The Kier molecular flexibility index (Phi) is 5.99. The van der Waals surface area contributed by atoms with Gasteiger partial charge in [-0.05, 0) is 44.2 Å². The summed E-state index contributed by atoms with van der Waals surface area (Å²) in [5.74, 6) is 0.439. The molecule has 0 spiro atoms. The van der Waals surface area contributed by atoms with E-state index < -0.39 is 0 Å². The first-order chi connectivity index (χ1) is 12.2. The minimum absolute atomic E-state index is 0.131. The van der Waals surface area contributed by atoms with Gasteiger partial charge in [-0.15, -0.1) is 0 Å². The topological polar surface area (TPSA) is 66.9 Å². The maximum Gasteiger partial charge on any atom is 0.270 e. The Labute approximate surface area is 149 Å². The number of hydrogen-bond acceptors (Lipinski definition) is 4. The molecule has 0 radical (unpaired) electrons. The Morgan fingerprint density at radius 3 is 2.68 bits per heavy atom. The average Bonchev–Trinajstić information content (AvgIpc) is 3.12. The predicted molar refractivity (Wildman–Crippen MR) is 99.7 cm³/mol. The van der Waals surface area contributed by atoms with Crippen LogP contribution in [-0.4, -0.2) is 28.5 Å². The van der Waals surface area contributed by atoms with Gasteiger partial charge in [0, 0.05) is 18.3 Å². The lowest BCUT2D eigenvalue weighted by Crippen LogP contribution is -2.27. The van der Waals surface area contributed by atoms with E-state index in [1.54, 1.807) is 6.07 Å². The number of nitrogens with zero attached hydrogens (tertiary/aromatic N) is 2. The van der Waals surface area contributed by atoms with Gasteiger partial charge in [-0.3, -0.25) is 4.79 Å². The molecule has 1 aliphatic rings. The second kappa shape index (κ2) is 8.60.